The summed E-state index contributed by atoms with van der Waals surface area (Å²) in [7, 11) is 3.11. The molecule has 2 heterocycles. The van der Waals surface area contributed by atoms with Crippen LogP contribution in [0.5, 0.6) is 0 Å². The molecule has 160 valence electrons. The molecule has 2 aromatic rings. The summed E-state index contributed by atoms with van der Waals surface area (Å²) < 4.78 is 11.9. The number of rotatable bonds is 6. The number of hydrogen-bond acceptors (Lipinski definition) is 6. The minimum Gasteiger partial charge on any atom is -0.465 e. The number of carbonyl (C=O) groups is 2. The van der Waals surface area contributed by atoms with Crippen molar-refractivity contribution in [2.45, 2.75) is 37.7 Å². The molecule has 6 nitrogen and oxygen atoms in total. The Morgan fingerprint density at radius 1 is 1.20 bits per heavy atom. The van der Waals surface area contributed by atoms with Crippen LogP contribution in [0, 0.1) is 0 Å². The maximum Gasteiger partial charge on any atom is 0.341 e. The fourth-order valence-electron chi connectivity index (χ4n) is 4.03. The van der Waals surface area contributed by atoms with Crippen molar-refractivity contribution in [3.63, 3.8) is 0 Å². The van der Waals surface area contributed by atoms with E-state index in [1.54, 1.807) is 10.2 Å². The first-order chi connectivity index (χ1) is 14.4. The lowest BCUT2D eigenvalue weighted by Gasteiger charge is -2.40. The molecule has 1 saturated heterocycles. The fourth-order valence-corrected chi connectivity index (χ4v) is 6.01. The van der Waals surface area contributed by atoms with Gasteiger partial charge in [0.25, 0.3) is 5.91 Å². The van der Waals surface area contributed by atoms with E-state index in [0.29, 0.717) is 16.1 Å². The standard InChI is InChI=1S/C22H25IN2O4S/c1-22(9-4-10-22)17-13-30-20(18(17)21(27)29-3)25(23)19(26)14-5-7-15(8-6-14)24-11-16(12-24)28-2/h5-8,13,16H,4,9-12H2,1-3H3. The molecule has 1 aromatic carbocycles. The number of carbonyl (C=O) groups excluding carboxylic acids is 2. The van der Waals surface area contributed by atoms with Crippen LogP contribution in [-0.2, 0) is 14.9 Å². The van der Waals surface area contributed by atoms with E-state index < -0.39 is 0 Å². The maximum atomic E-state index is 13.2. The molecule has 1 aromatic heterocycles. The highest BCUT2D eigenvalue weighted by Crippen LogP contribution is 2.49. The summed E-state index contributed by atoms with van der Waals surface area (Å²) in [5.74, 6) is -0.539. The van der Waals surface area contributed by atoms with Gasteiger partial charge in [-0.15, -0.1) is 11.3 Å². The molecule has 0 unspecified atom stereocenters. The van der Waals surface area contributed by atoms with E-state index in [-0.39, 0.29) is 23.4 Å². The molecule has 1 saturated carbocycles. The average molecular weight is 540 g/mol. The lowest BCUT2D eigenvalue weighted by atomic mass is 9.66. The molecule has 0 bridgehead atoms. The second-order valence-electron chi connectivity index (χ2n) is 8.13. The molecule has 0 N–H and O–H groups in total. The summed E-state index contributed by atoms with van der Waals surface area (Å²) in [6.45, 7) is 3.90. The minimum atomic E-state index is -0.385. The number of anilines is 2. The van der Waals surface area contributed by atoms with Gasteiger partial charge in [-0.25, -0.2) is 7.91 Å². The first kappa shape index (κ1) is 21.6. The van der Waals surface area contributed by atoms with Gasteiger partial charge < -0.3 is 14.4 Å². The Labute approximate surface area is 194 Å². The van der Waals surface area contributed by atoms with Crippen LogP contribution in [0.15, 0.2) is 29.6 Å². The number of hydrogen-bond donors (Lipinski definition) is 0. The van der Waals surface area contributed by atoms with Gasteiger partial charge in [0, 0.05) is 31.5 Å². The molecule has 0 spiro atoms. The van der Waals surface area contributed by atoms with Gasteiger partial charge in [0.05, 0.1) is 41.6 Å². The first-order valence-corrected chi connectivity index (χ1v) is 11.8. The largest absolute Gasteiger partial charge is 0.465 e. The van der Waals surface area contributed by atoms with Gasteiger partial charge in [0.2, 0.25) is 0 Å². The number of thiophene rings is 1. The quantitative estimate of drug-likeness (QED) is 0.299. The first-order valence-electron chi connectivity index (χ1n) is 9.96. The highest BCUT2D eigenvalue weighted by atomic mass is 127. The second kappa shape index (κ2) is 8.47. The SMILES string of the molecule is COC(=O)c1c(C2(C)CCC2)csc1N(I)C(=O)c1ccc(N2CC(OC)C2)cc1. The van der Waals surface area contributed by atoms with Crippen molar-refractivity contribution in [2.24, 2.45) is 0 Å². The van der Waals surface area contributed by atoms with E-state index in [9.17, 15) is 9.59 Å². The summed E-state index contributed by atoms with van der Waals surface area (Å²) in [6.07, 6.45) is 3.52. The molecule has 1 amide bonds. The van der Waals surface area contributed by atoms with Gasteiger partial charge in [-0.2, -0.15) is 0 Å². The summed E-state index contributed by atoms with van der Waals surface area (Å²) >= 11 is 3.42. The van der Waals surface area contributed by atoms with Crippen molar-refractivity contribution in [1.82, 2.24) is 0 Å². The normalized spacial score (nSPS) is 17.8. The van der Waals surface area contributed by atoms with Crippen molar-refractivity contribution >= 4 is 56.8 Å². The number of benzene rings is 1. The summed E-state index contributed by atoms with van der Waals surface area (Å²) in [4.78, 5) is 28.0. The van der Waals surface area contributed by atoms with Gasteiger partial charge in [0.15, 0.2) is 0 Å². The third-order valence-corrected chi connectivity index (χ3v) is 8.50. The maximum absolute atomic E-state index is 13.2. The van der Waals surface area contributed by atoms with E-state index >= 15 is 0 Å². The Balaban J connectivity index is 1.56. The van der Waals surface area contributed by atoms with Crippen molar-refractivity contribution in [3.05, 3.63) is 46.3 Å². The van der Waals surface area contributed by atoms with Crippen LogP contribution in [0.2, 0.25) is 0 Å². The monoisotopic (exact) mass is 540 g/mol. The molecule has 4 rings (SSSR count). The third-order valence-electron chi connectivity index (χ3n) is 6.29. The molecule has 2 fully saturated rings. The number of halogens is 1. The lowest BCUT2D eigenvalue weighted by Crippen LogP contribution is -2.51. The minimum absolute atomic E-state index is 0.0161. The van der Waals surface area contributed by atoms with E-state index in [4.69, 9.17) is 9.47 Å². The van der Waals surface area contributed by atoms with Crippen LogP contribution in [0.4, 0.5) is 10.7 Å². The predicted octanol–water partition coefficient (Wildman–Crippen LogP) is 4.81. The van der Waals surface area contributed by atoms with E-state index in [0.717, 1.165) is 43.6 Å². The lowest BCUT2D eigenvalue weighted by molar-refractivity contribution is 0.0597. The van der Waals surface area contributed by atoms with Crippen molar-refractivity contribution in [1.29, 1.82) is 0 Å². The fraction of sp³-hybridized carbons (Fsp3) is 0.455. The van der Waals surface area contributed by atoms with Crippen LogP contribution >= 0.6 is 34.2 Å². The molecular formula is C22H25IN2O4S. The molecule has 30 heavy (non-hydrogen) atoms. The van der Waals surface area contributed by atoms with Crippen molar-refractivity contribution in [2.75, 3.05) is 35.3 Å². The number of ether oxygens (including phenoxy) is 2. The molecule has 2 aliphatic rings. The van der Waals surface area contributed by atoms with Crippen LogP contribution in [0.3, 0.4) is 0 Å². The number of nitrogens with zero attached hydrogens (tertiary/aromatic N) is 2. The zero-order chi connectivity index (χ0) is 21.5. The number of amides is 1. The van der Waals surface area contributed by atoms with E-state index in [2.05, 4.69) is 11.8 Å². The summed E-state index contributed by atoms with van der Waals surface area (Å²) in [5, 5.41) is 2.64. The average Bonchev–Trinajstić information content (AvgIpc) is 3.15. The van der Waals surface area contributed by atoms with Crippen LogP contribution in [-0.4, -0.2) is 45.3 Å². The third kappa shape index (κ3) is 3.73. The number of methoxy groups -OCH3 is 2. The van der Waals surface area contributed by atoms with Crippen LogP contribution < -0.4 is 8.01 Å². The molecule has 8 heteroatoms. The smallest absolute Gasteiger partial charge is 0.341 e. The highest BCUT2D eigenvalue weighted by molar-refractivity contribution is 14.1. The highest BCUT2D eigenvalue weighted by Gasteiger charge is 2.40. The Kier molecular flexibility index (Phi) is 6.09. The Hall–Kier alpha value is -1.65. The van der Waals surface area contributed by atoms with E-state index in [1.165, 1.54) is 18.4 Å². The molecular weight excluding hydrogens is 515 g/mol. The molecule has 1 aliphatic carbocycles. The molecule has 0 radical (unpaired) electrons. The Morgan fingerprint density at radius 3 is 2.40 bits per heavy atom. The van der Waals surface area contributed by atoms with Crippen molar-refractivity contribution < 1.29 is 19.1 Å². The predicted molar refractivity (Wildman–Crippen MR) is 127 cm³/mol. The van der Waals surface area contributed by atoms with Gasteiger partial charge in [-0.3, -0.25) is 4.79 Å². The zero-order valence-corrected chi connectivity index (χ0v) is 20.3. The number of esters is 1. The summed E-state index contributed by atoms with van der Waals surface area (Å²) in [6, 6.07) is 7.59. The Morgan fingerprint density at radius 2 is 1.87 bits per heavy atom. The zero-order valence-electron chi connectivity index (χ0n) is 17.3. The van der Waals surface area contributed by atoms with Crippen LogP contribution in [0.25, 0.3) is 0 Å². The van der Waals surface area contributed by atoms with E-state index in [1.807, 2.05) is 52.5 Å². The topological polar surface area (TPSA) is 59.1 Å². The summed E-state index contributed by atoms with van der Waals surface area (Å²) in [5.41, 5.74) is 3.16. The van der Waals surface area contributed by atoms with Gasteiger partial charge >= 0.3 is 5.97 Å². The van der Waals surface area contributed by atoms with Crippen molar-refractivity contribution in [3.8, 4) is 0 Å². The Bertz CT molecular complexity index is 949. The molecule has 1 aliphatic heterocycles. The van der Waals surface area contributed by atoms with Gasteiger partial charge in [0.1, 0.15) is 5.00 Å². The van der Waals surface area contributed by atoms with Gasteiger partial charge in [-0.1, -0.05) is 13.3 Å². The van der Waals surface area contributed by atoms with Gasteiger partial charge in [-0.05, 0) is 53.5 Å². The van der Waals surface area contributed by atoms with Crippen LogP contribution in [0.1, 0.15) is 52.5 Å². The molecule has 0 atom stereocenters. The second-order valence-corrected chi connectivity index (χ2v) is 9.95.